The van der Waals surface area contributed by atoms with Gasteiger partial charge in [0.15, 0.2) is 4.96 Å². The molecule has 2 aromatic carbocycles. The van der Waals surface area contributed by atoms with Crippen LogP contribution in [0.5, 0.6) is 0 Å². The number of aryl methyl sites for hydroxylation is 2. The number of nitrogens with zero attached hydrogens (tertiary/aromatic N) is 4. The van der Waals surface area contributed by atoms with Gasteiger partial charge in [-0.2, -0.15) is 0 Å². The lowest BCUT2D eigenvalue weighted by atomic mass is 10.1. The maximum Gasteiger partial charge on any atom is 0.247 e. The zero-order valence-electron chi connectivity index (χ0n) is 16.8. The molecule has 154 valence electrons. The molecule has 0 fully saturated rings. The number of rotatable bonds is 6. The number of hydrogen-bond acceptors (Lipinski definition) is 6. The van der Waals surface area contributed by atoms with Crippen LogP contribution < -0.4 is 5.32 Å². The van der Waals surface area contributed by atoms with E-state index < -0.39 is 0 Å². The molecule has 5 rings (SSSR count). The van der Waals surface area contributed by atoms with Gasteiger partial charge < -0.3 is 9.73 Å². The lowest BCUT2D eigenvalue weighted by Crippen LogP contribution is -2.12. The van der Waals surface area contributed by atoms with Crippen LogP contribution in [0, 0.1) is 6.92 Å². The fourth-order valence-corrected chi connectivity index (χ4v) is 3.90. The number of fused-ring (bicyclic) bond motifs is 1. The third kappa shape index (κ3) is 4.24. The van der Waals surface area contributed by atoms with E-state index in [9.17, 15) is 4.79 Å². The summed E-state index contributed by atoms with van der Waals surface area (Å²) in [5.41, 5.74) is 4.68. The normalized spacial score (nSPS) is 11.1. The molecule has 0 unspecified atom stereocenters. The van der Waals surface area contributed by atoms with Crippen LogP contribution in [-0.2, 0) is 11.2 Å². The van der Waals surface area contributed by atoms with Crippen LogP contribution in [0.15, 0.2) is 70.7 Å². The van der Waals surface area contributed by atoms with Crippen molar-refractivity contribution in [2.75, 3.05) is 5.32 Å². The number of imidazole rings is 1. The summed E-state index contributed by atoms with van der Waals surface area (Å²) in [5.74, 6) is 0.802. The molecule has 0 saturated carbocycles. The Balaban J connectivity index is 1.17. The van der Waals surface area contributed by atoms with Crippen molar-refractivity contribution in [2.45, 2.75) is 19.8 Å². The summed E-state index contributed by atoms with van der Waals surface area (Å²) < 4.78 is 7.68. The minimum absolute atomic E-state index is 0.106. The summed E-state index contributed by atoms with van der Waals surface area (Å²) in [6.45, 7) is 2.02. The van der Waals surface area contributed by atoms with Gasteiger partial charge in [0.2, 0.25) is 17.7 Å². The molecule has 1 N–H and O–H groups in total. The molecule has 0 aliphatic heterocycles. The zero-order valence-corrected chi connectivity index (χ0v) is 17.6. The van der Waals surface area contributed by atoms with Gasteiger partial charge in [0.25, 0.3) is 0 Å². The van der Waals surface area contributed by atoms with Gasteiger partial charge in [-0.05, 0) is 31.2 Å². The van der Waals surface area contributed by atoms with Crippen molar-refractivity contribution in [3.8, 4) is 22.7 Å². The minimum atomic E-state index is -0.106. The van der Waals surface area contributed by atoms with Gasteiger partial charge in [0.1, 0.15) is 0 Å². The fraction of sp³-hybridized carbons (Fsp3) is 0.130. The fourth-order valence-electron chi connectivity index (χ4n) is 3.20. The Kier molecular flexibility index (Phi) is 5.05. The molecule has 0 spiro atoms. The molecule has 31 heavy (non-hydrogen) atoms. The van der Waals surface area contributed by atoms with Crippen molar-refractivity contribution in [3.63, 3.8) is 0 Å². The molecule has 3 aromatic heterocycles. The molecule has 1 amide bonds. The molecule has 0 radical (unpaired) electrons. The molecule has 8 heteroatoms. The summed E-state index contributed by atoms with van der Waals surface area (Å²) in [5, 5.41) is 13.0. The molecule has 7 nitrogen and oxygen atoms in total. The summed E-state index contributed by atoms with van der Waals surface area (Å²) >= 11 is 1.60. The van der Waals surface area contributed by atoms with Gasteiger partial charge in [0, 0.05) is 47.4 Å². The lowest BCUT2D eigenvalue weighted by molar-refractivity contribution is -0.116. The second kappa shape index (κ2) is 8.16. The molecule has 0 saturated heterocycles. The first kappa shape index (κ1) is 19.2. The Morgan fingerprint density at radius 2 is 1.84 bits per heavy atom. The van der Waals surface area contributed by atoms with Crippen molar-refractivity contribution in [1.82, 2.24) is 19.6 Å². The topological polar surface area (TPSA) is 85.3 Å². The molecular formula is C23H19N5O2S. The van der Waals surface area contributed by atoms with E-state index >= 15 is 0 Å². The highest BCUT2D eigenvalue weighted by atomic mass is 32.1. The summed E-state index contributed by atoms with van der Waals surface area (Å²) in [6.07, 6.45) is 4.62. The van der Waals surface area contributed by atoms with E-state index in [1.54, 1.807) is 11.3 Å². The van der Waals surface area contributed by atoms with Crippen LogP contribution >= 0.6 is 11.3 Å². The Bertz CT molecular complexity index is 1300. The first-order valence-corrected chi connectivity index (χ1v) is 10.7. The van der Waals surface area contributed by atoms with E-state index in [0.29, 0.717) is 18.2 Å². The average molecular weight is 430 g/mol. The van der Waals surface area contributed by atoms with Gasteiger partial charge >= 0.3 is 0 Å². The number of benzene rings is 2. The summed E-state index contributed by atoms with van der Waals surface area (Å²) in [6, 6.07) is 15.5. The molecule has 0 bridgehead atoms. The number of thiazole rings is 1. The Morgan fingerprint density at radius 1 is 1.06 bits per heavy atom. The monoisotopic (exact) mass is 429 g/mol. The average Bonchev–Trinajstić information content (AvgIpc) is 3.50. The highest BCUT2D eigenvalue weighted by Gasteiger charge is 2.11. The van der Waals surface area contributed by atoms with E-state index in [1.807, 2.05) is 77.6 Å². The van der Waals surface area contributed by atoms with Crippen LogP contribution in [0.2, 0.25) is 0 Å². The first-order valence-electron chi connectivity index (χ1n) is 9.86. The van der Waals surface area contributed by atoms with Crippen molar-refractivity contribution in [2.24, 2.45) is 0 Å². The highest BCUT2D eigenvalue weighted by molar-refractivity contribution is 7.15. The number of nitrogens with one attached hydrogen (secondary N) is 1. The first-order chi connectivity index (χ1) is 15.1. The van der Waals surface area contributed by atoms with Crippen LogP contribution in [0.25, 0.3) is 27.7 Å². The minimum Gasteiger partial charge on any atom is -0.421 e. The quantitative estimate of drug-likeness (QED) is 0.411. The second-order valence-electron chi connectivity index (χ2n) is 7.21. The number of aromatic nitrogens is 4. The molecule has 5 aromatic rings. The zero-order chi connectivity index (χ0) is 21.2. The van der Waals surface area contributed by atoms with E-state index in [-0.39, 0.29) is 12.3 Å². The molecule has 3 heterocycles. The van der Waals surface area contributed by atoms with Crippen molar-refractivity contribution < 1.29 is 9.21 Å². The predicted octanol–water partition coefficient (Wildman–Crippen LogP) is 4.99. The molecule has 0 aliphatic carbocycles. The standard InChI is InChI=1S/C23H19N5O2S/c1-15-2-4-17(5-3-15)22-27-26-21(30-22)11-10-20(29)24-18-8-6-16(7-9-18)19-14-28-12-13-31-23(28)25-19/h2-9,12-14H,10-11H2,1H3,(H,24,29). The third-order valence-corrected chi connectivity index (χ3v) is 5.66. The predicted molar refractivity (Wildman–Crippen MR) is 120 cm³/mol. The molecular weight excluding hydrogens is 410 g/mol. The van der Waals surface area contributed by atoms with E-state index in [2.05, 4.69) is 20.5 Å². The molecule has 0 aliphatic rings. The second-order valence-corrected chi connectivity index (χ2v) is 8.08. The number of carbonyl (C=O) groups excluding carboxylic acids is 1. The smallest absolute Gasteiger partial charge is 0.247 e. The van der Waals surface area contributed by atoms with Crippen LogP contribution in [0.4, 0.5) is 5.69 Å². The van der Waals surface area contributed by atoms with E-state index in [0.717, 1.165) is 33.0 Å². The van der Waals surface area contributed by atoms with Crippen molar-refractivity contribution >= 4 is 27.9 Å². The largest absolute Gasteiger partial charge is 0.421 e. The highest BCUT2D eigenvalue weighted by Crippen LogP contribution is 2.23. The molecule has 0 atom stereocenters. The maximum atomic E-state index is 12.3. The van der Waals surface area contributed by atoms with Gasteiger partial charge in [-0.1, -0.05) is 29.8 Å². The van der Waals surface area contributed by atoms with Gasteiger partial charge in [0.05, 0.1) is 5.69 Å². The van der Waals surface area contributed by atoms with Crippen molar-refractivity contribution in [3.05, 3.63) is 77.8 Å². The van der Waals surface area contributed by atoms with E-state index in [1.165, 1.54) is 0 Å². The van der Waals surface area contributed by atoms with Crippen LogP contribution in [-0.4, -0.2) is 25.5 Å². The number of carbonyl (C=O) groups is 1. The van der Waals surface area contributed by atoms with Gasteiger partial charge in [-0.15, -0.1) is 21.5 Å². The summed E-state index contributed by atoms with van der Waals surface area (Å²) in [7, 11) is 0. The summed E-state index contributed by atoms with van der Waals surface area (Å²) in [4.78, 5) is 17.9. The Morgan fingerprint density at radius 3 is 2.61 bits per heavy atom. The van der Waals surface area contributed by atoms with Crippen LogP contribution in [0.1, 0.15) is 17.9 Å². The maximum absolute atomic E-state index is 12.3. The lowest BCUT2D eigenvalue weighted by Gasteiger charge is -2.05. The Labute approximate surface area is 182 Å². The van der Waals surface area contributed by atoms with Crippen molar-refractivity contribution in [1.29, 1.82) is 0 Å². The van der Waals surface area contributed by atoms with Gasteiger partial charge in [-0.3, -0.25) is 9.20 Å². The Hall–Kier alpha value is -3.78. The number of amides is 1. The SMILES string of the molecule is Cc1ccc(-c2nnc(CCC(=O)Nc3ccc(-c4cn5ccsc5n4)cc3)o2)cc1. The third-order valence-electron chi connectivity index (χ3n) is 4.89. The van der Waals surface area contributed by atoms with Crippen LogP contribution in [0.3, 0.4) is 0 Å². The van der Waals surface area contributed by atoms with Gasteiger partial charge in [-0.25, -0.2) is 4.98 Å². The number of hydrogen-bond donors (Lipinski definition) is 1. The number of anilines is 1. The van der Waals surface area contributed by atoms with E-state index in [4.69, 9.17) is 4.42 Å².